The molecule has 3 nitrogen and oxygen atoms in total. The lowest BCUT2D eigenvalue weighted by Gasteiger charge is -2.33. The first kappa shape index (κ1) is 14.4. The van der Waals surface area contributed by atoms with Crippen molar-refractivity contribution in [1.82, 2.24) is 4.90 Å². The number of rotatable bonds is 5. The lowest BCUT2D eigenvalue weighted by atomic mass is 9.93. The third kappa shape index (κ3) is 4.22. The van der Waals surface area contributed by atoms with Crippen molar-refractivity contribution >= 4 is 0 Å². The first-order valence-corrected chi connectivity index (χ1v) is 7.33. The van der Waals surface area contributed by atoms with Crippen LogP contribution in [0.3, 0.4) is 0 Å². The van der Waals surface area contributed by atoms with Crippen molar-refractivity contribution in [2.75, 3.05) is 26.7 Å². The van der Waals surface area contributed by atoms with Gasteiger partial charge in [0, 0.05) is 12.5 Å². The van der Waals surface area contributed by atoms with Gasteiger partial charge in [-0.25, -0.2) is 0 Å². The Bertz CT molecular complexity index is 377. The number of hydrogen-bond acceptors (Lipinski definition) is 3. The Kier molecular flexibility index (Phi) is 5.23. The molecular weight excluding hydrogens is 236 g/mol. The van der Waals surface area contributed by atoms with Crippen molar-refractivity contribution in [1.29, 1.82) is 0 Å². The zero-order chi connectivity index (χ0) is 13.7. The fourth-order valence-electron chi connectivity index (χ4n) is 2.80. The van der Waals surface area contributed by atoms with Gasteiger partial charge in [-0.05, 0) is 64.0 Å². The van der Waals surface area contributed by atoms with Gasteiger partial charge in [0.15, 0.2) is 0 Å². The standard InChI is InChI=1S/C16H26N2O/c1-13(15-4-3-11-18(2)12-15)19-16-7-5-14(6-8-16)9-10-17/h5-8,13,15H,3-4,9-12,17H2,1-2H3. The van der Waals surface area contributed by atoms with Gasteiger partial charge in [0.2, 0.25) is 0 Å². The highest BCUT2D eigenvalue weighted by atomic mass is 16.5. The van der Waals surface area contributed by atoms with E-state index < -0.39 is 0 Å². The number of likely N-dealkylation sites (tertiary alicyclic amines) is 1. The molecule has 2 unspecified atom stereocenters. The quantitative estimate of drug-likeness (QED) is 0.885. The zero-order valence-electron chi connectivity index (χ0n) is 12.1. The molecule has 0 spiro atoms. The summed E-state index contributed by atoms with van der Waals surface area (Å²) in [5.41, 5.74) is 6.83. The lowest BCUT2D eigenvalue weighted by molar-refractivity contribution is 0.0901. The minimum absolute atomic E-state index is 0.281. The molecule has 3 heteroatoms. The highest BCUT2D eigenvalue weighted by molar-refractivity contribution is 5.27. The first-order chi connectivity index (χ1) is 9.19. The highest BCUT2D eigenvalue weighted by Crippen LogP contribution is 2.23. The number of benzene rings is 1. The molecule has 1 saturated heterocycles. The summed E-state index contributed by atoms with van der Waals surface area (Å²) < 4.78 is 6.08. The van der Waals surface area contributed by atoms with Crippen LogP contribution < -0.4 is 10.5 Å². The number of ether oxygens (including phenoxy) is 1. The Hall–Kier alpha value is -1.06. The predicted molar refractivity (Wildman–Crippen MR) is 79.5 cm³/mol. The topological polar surface area (TPSA) is 38.5 Å². The molecule has 0 aromatic heterocycles. The van der Waals surface area contributed by atoms with E-state index in [2.05, 4.69) is 43.1 Å². The van der Waals surface area contributed by atoms with E-state index in [-0.39, 0.29) is 6.10 Å². The van der Waals surface area contributed by atoms with E-state index >= 15 is 0 Å². The molecule has 0 radical (unpaired) electrons. The fourth-order valence-corrected chi connectivity index (χ4v) is 2.80. The first-order valence-electron chi connectivity index (χ1n) is 7.33. The number of hydrogen-bond donors (Lipinski definition) is 1. The largest absolute Gasteiger partial charge is 0.490 e. The molecule has 1 aliphatic rings. The smallest absolute Gasteiger partial charge is 0.119 e. The summed E-state index contributed by atoms with van der Waals surface area (Å²) in [4.78, 5) is 2.40. The summed E-state index contributed by atoms with van der Waals surface area (Å²) in [6.45, 7) is 5.26. The molecule has 1 fully saturated rings. The van der Waals surface area contributed by atoms with Gasteiger partial charge in [-0.3, -0.25) is 0 Å². The molecule has 1 aliphatic heterocycles. The van der Waals surface area contributed by atoms with Crippen LogP contribution >= 0.6 is 0 Å². The summed E-state index contributed by atoms with van der Waals surface area (Å²) in [5, 5.41) is 0. The maximum absolute atomic E-state index is 6.08. The number of nitrogens with two attached hydrogens (primary N) is 1. The molecular formula is C16H26N2O. The van der Waals surface area contributed by atoms with Crippen molar-refractivity contribution in [3.8, 4) is 5.75 Å². The van der Waals surface area contributed by atoms with E-state index in [9.17, 15) is 0 Å². The summed E-state index contributed by atoms with van der Waals surface area (Å²) in [5.74, 6) is 1.61. The van der Waals surface area contributed by atoms with E-state index in [0.29, 0.717) is 12.5 Å². The van der Waals surface area contributed by atoms with Crippen LogP contribution in [0.1, 0.15) is 25.3 Å². The molecule has 0 amide bonds. The maximum Gasteiger partial charge on any atom is 0.119 e. The van der Waals surface area contributed by atoms with Crippen molar-refractivity contribution in [2.45, 2.75) is 32.3 Å². The van der Waals surface area contributed by atoms with E-state index in [1.54, 1.807) is 0 Å². The van der Waals surface area contributed by atoms with Gasteiger partial charge in [0.1, 0.15) is 5.75 Å². The normalized spacial score (nSPS) is 22.2. The Labute approximate surface area is 116 Å². The fraction of sp³-hybridized carbons (Fsp3) is 0.625. The summed E-state index contributed by atoms with van der Waals surface area (Å²) in [7, 11) is 2.19. The molecule has 1 heterocycles. The predicted octanol–water partition coefficient (Wildman–Crippen LogP) is 2.30. The third-order valence-corrected chi connectivity index (χ3v) is 4.00. The monoisotopic (exact) mass is 262 g/mol. The van der Waals surface area contributed by atoms with Crippen LogP contribution in [0.2, 0.25) is 0 Å². The van der Waals surface area contributed by atoms with Crippen LogP contribution in [0.5, 0.6) is 5.75 Å². The second-order valence-corrected chi connectivity index (χ2v) is 5.67. The summed E-state index contributed by atoms with van der Waals surface area (Å²) in [6.07, 6.45) is 3.77. The molecule has 1 aromatic carbocycles. The van der Waals surface area contributed by atoms with Gasteiger partial charge in [-0.2, -0.15) is 0 Å². The SMILES string of the molecule is CC(Oc1ccc(CCN)cc1)C1CCCN(C)C1. The van der Waals surface area contributed by atoms with Gasteiger partial charge in [0.05, 0.1) is 6.10 Å². The average Bonchev–Trinajstić information content (AvgIpc) is 2.41. The minimum atomic E-state index is 0.281. The van der Waals surface area contributed by atoms with Crippen molar-refractivity contribution < 1.29 is 4.74 Å². The summed E-state index contributed by atoms with van der Waals surface area (Å²) in [6, 6.07) is 8.35. The van der Waals surface area contributed by atoms with Gasteiger partial charge in [0.25, 0.3) is 0 Å². The van der Waals surface area contributed by atoms with E-state index in [0.717, 1.165) is 18.7 Å². The van der Waals surface area contributed by atoms with Crippen LogP contribution in [-0.2, 0) is 6.42 Å². The summed E-state index contributed by atoms with van der Waals surface area (Å²) >= 11 is 0. The van der Waals surface area contributed by atoms with Gasteiger partial charge >= 0.3 is 0 Å². The van der Waals surface area contributed by atoms with E-state index in [4.69, 9.17) is 10.5 Å². The maximum atomic E-state index is 6.08. The Morgan fingerprint density at radius 2 is 2.11 bits per heavy atom. The Morgan fingerprint density at radius 1 is 1.37 bits per heavy atom. The van der Waals surface area contributed by atoms with Crippen LogP contribution in [-0.4, -0.2) is 37.7 Å². The molecule has 19 heavy (non-hydrogen) atoms. The Balaban J connectivity index is 1.88. The van der Waals surface area contributed by atoms with Crippen molar-refractivity contribution in [2.24, 2.45) is 11.7 Å². The molecule has 2 rings (SSSR count). The van der Waals surface area contributed by atoms with Gasteiger partial charge < -0.3 is 15.4 Å². The zero-order valence-corrected chi connectivity index (χ0v) is 12.1. The molecule has 0 saturated carbocycles. The molecule has 2 atom stereocenters. The van der Waals surface area contributed by atoms with Crippen molar-refractivity contribution in [3.05, 3.63) is 29.8 Å². The molecule has 1 aromatic rings. The Morgan fingerprint density at radius 3 is 2.74 bits per heavy atom. The van der Waals surface area contributed by atoms with E-state index in [1.165, 1.54) is 24.9 Å². The molecule has 2 N–H and O–H groups in total. The van der Waals surface area contributed by atoms with Gasteiger partial charge in [-0.1, -0.05) is 12.1 Å². The van der Waals surface area contributed by atoms with Crippen molar-refractivity contribution in [3.63, 3.8) is 0 Å². The number of nitrogens with zero attached hydrogens (tertiary/aromatic N) is 1. The minimum Gasteiger partial charge on any atom is -0.490 e. The number of piperidine rings is 1. The molecule has 106 valence electrons. The molecule has 0 bridgehead atoms. The van der Waals surface area contributed by atoms with Crippen LogP contribution in [0.25, 0.3) is 0 Å². The van der Waals surface area contributed by atoms with E-state index in [1.807, 2.05) is 0 Å². The second kappa shape index (κ2) is 6.92. The van der Waals surface area contributed by atoms with Crippen LogP contribution in [0.4, 0.5) is 0 Å². The van der Waals surface area contributed by atoms with Crippen LogP contribution in [0, 0.1) is 5.92 Å². The lowest BCUT2D eigenvalue weighted by Crippen LogP contribution is -2.39. The third-order valence-electron chi connectivity index (χ3n) is 4.00. The van der Waals surface area contributed by atoms with Gasteiger partial charge in [-0.15, -0.1) is 0 Å². The van der Waals surface area contributed by atoms with Crippen LogP contribution in [0.15, 0.2) is 24.3 Å². The molecule has 0 aliphatic carbocycles. The highest BCUT2D eigenvalue weighted by Gasteiger charge is 2.23. The second-order valence-electron chi connectivity index (χ2n) is 5.67. The average molecular weight is 262 g/mol.